The quantitative estimate of drug-likeness (QED) is 0.437. The number of unbranched alkanes of at least 4 members (excludes halogenated alkanes) is 7. The Labute approximate surface area is 137 Å². The van der Waals surface area contributed by atoms with Crippen molar-refractivity contribution in [3.05, 3.63) is 0 Å². The summed E-state index contributed by atoms with van der Waals surface area (Å²) in [6.07, 6.45) is 17.2. The standard InChI is InChI=1S/C19H37NO2/c1-2-3-4-5-6-8-12-17-13-11-14-18(17)20-16-10-7-9-15-19(21)22/h17-18,20H,2-16H2,1H3,(H,21,22). The van der Waals surface area contributed by atoms with Gasteiger partial charge in [0.25, 0.3) is 0 Å². The van der Waals surface area contributed by atoms with E-state index in [9.17, 15) is 4.79 Å². The third-order valence-corrected chi connectivity index (χ3v) is 5.06. The molecule has 0 aromatic carbocycles. The first kappa shape index (κ1) is 19.5. The number of carbonyl (C=O) groups is 1. The predicted molar refractivity (Wildman–Crippen MR) is 93.2 cm³/mol. The van der Waals surface area contributed by atoms with E-state index in [1.807, 2.05) is 0 Å². The summed E-state index contributed by atoms with van der Waals surface area (Å²) in [6, 6.07) is 0.732. The summed E-state index contributed by atoms with van der Waals surface area (Å²) in [6.45, 7) is 3.34. The van der Waals surface area contributed by atoms with Crippen LogP contribution >= 0.6 is 0 Å². The number of carboxylic acids is 1. The topological polar surface area (TPSA) is 49.3 Å². The number of nitrogens with one attached hydrogen (secondary N) is 1. The van der Waals surface area contributed by atoms with Gasteiger partial charge in [-0.3, -0.25) is 4.79 Å². The molecule has 130 valence electrons. The molecule has 2 unspecified atom stereocenters. The zero-order valence-electron chi connectivity index (χ0n) is 14.6. The smallest absolute Gasteiger partial charge is 0.303 e. The molecule has 0 aliphatic heterocycles. The van der Waals surface area contributed by atoms with Gasteiger partial charge in [0.15, 0.2) is 0 Å². The minimum absolute atomic E-state index is 0.323. The molecule has 22 heavy (non-hydrogen) atoms. The molecule has 3 nitrogen and oxygen atoms in total. The number of hydrogen-bond donors (Lipinski definition) is 2. The van der Waals surface area contributed by atoms with E-state index in [1.54, 1.807) is 0 Å². The molecule has 1 fully saturated rings. The summed E-state index contributed by atoms with van der Waals surface area (Å²) in [5.74, 6) is 0.230. The van der Waals surface area contributed by atoms with Gasteiger partial charge >= 0.3 is 5.97 Å². The Morgan fingerprint density at radius 3 is 2.50 bits per heavy atom. The molecule has 2 atom stereocenters. The van der Waals surface area contributed by atoms with E-state index in [0.717, 1.165) is 37.8 Å². The fourth-order valence-electron chi connectivity index (χ4n) is 3.70. The average molecular weight is 312 g/mol. The van der Waals surface area contributed by atoms with Crippen LogP contribution in [0.25, 0.3) is 0 Å². The van der Waals surface area contributed by atoms with E-state index in [1.165, 1.54) is 64.2 Å². The van der Waals surface area contributed by atoms with Crippen molar-refractivity contribution in [3.8, 4) is 0 Å². The van der Waals surface area contributed by atoms with Crippen molar-refractivity contribution >= 4 is 5.97 Å². The number of aliphatic carboxylic acids is 1. The molecule has 1 rings (SSSR count). The van der Waals surface area contributed by atoms with Gasteiger partial charge in [-0.1, -0.05) is 58.3 Å². The zero-order valence-corrected chi connectivity index (χ0v) is 14.6. The lowest BCUT2D eigenvalue weighted by Gasteiger charge is -2.21. The summed E-state index contributed by atoms with van der Waals surface area (Å²) >= 11 is 0. The van der Waals surface area contributed by atoms with Crippen molar-refractivity contribution in [2.75, 3.05) is 6.54 Å². The number of hydrogen-bond acceptors (Lipinski definition) is 2. The summed E-state index contributed by atoms with van der Waals surface area (Å²) in [4.78, 5) is 10.5. The molecular formula is C19H37NO2. The molecular weight excluding hydrogens is 274 g/mol. The summed E-state index contributed by atoms with van der Waals surface area (Å²) in [7, 11) is 0. The highest BCUT2D eigenvalue weighted by Crippen LogP contribution is 2.30. The van der Waals surface area contributed by atoms with Crippen LogP contribution in [0.3, 0.4) is 0 Å². The van der Waals surface area contributed by atoms with Crippen LogP contribution in [0.1, 0.15) is 96.8 Å². The molecule has 0 amide bonds. The summed E-state index contributed by atoms with van der Waals surface area (Å²) in [5.41, 5.74) is 0. The molecule has 2 N–H and O–H groups in total. The Balaban J connectivity index is 1.99. The molecule has 0 saturated heterocycles. The van der Waals surface area contributed by atoms with Gasteiger partial charge in [-0.05, 0) is 44.6 Å². The molecule has 0 heterocycles. The molecule has 1 aliphatic rings. The van der Waals surface area contributed by atoms with Crippen LogP contribution in [-0.4, -0.2) is 23.7 Å². The number of carboxylic acid groups (broad SMARTS) is 1. The van der Waals surface area contributed by atoms with Gasteiger partial charge in [0.2, 0.25) is 0 Å². The van der Waals surface area contributed by atoms with Crippen LogP contribution in [-0.2, 0) is 4.79 Å². The lowest BCUT2D eigenvalue weighted by molar-refractivity contribution is -0.137. The van der Waals surface area contributed by atoms with Gasteiger partial charge in [0, 0.05) is 12.5 Å². The van der Waals surface area contributed by atoms with E-state index >= 15 is 0 Å². The van der Waals surface area contributed by atoms with Crippen LogP contribution in [0.2, 0.25) is 0 Å². The van der Waals surface area contributed by atoms with Crippen LogP contribution in [0.4, 0.5) is 0 Å². The van der Waals surface area contributed by atoms with E-state index in [-0.39, 0.29) is 0 Å². The van der Waals surface area contributed by atoms with Crippen LogP contribution in [0, 0.1) is 5.92 Å². The maximum absolute atomic E-state index is 10.5. The third-order valence-electron chi connectivity index (χ3n) is 5.06. The number of rotatable bonds is 14. The SMILES string of the molecule is CCCCCCCCC1CCCC1NCCCCCC(=O)O. The van der Waals surface area contributed by atoms with E-state index in [2.05, 4.69) is 12.2 Å². The van der Waals surface area contributed by atoms with Crippen LogP contribution in [0.5, 0.6) is 0 Å². The highest BCUT2D eigenvalue weighted by Gasteiger charge is 2.25. The van der Waals surface area contributed by atoms with Gasteiger partial charge in [0.05, 0.1) is 0 Å². The van der Waals surface area contributed by atoms with Crippen molar-refractivity contribution < 1.29 is 9.90 Å². The van der Waals surface area contributed by atoms with Gasteiger partial charge in [-0.15, -0.1) is 0 Å². The average Bonchev–Trinajstić information content (AvgIpc) is 2.93. The second kappa shape index (κ2) is 12.9. The Morgan fingerprint density at radius 2 is 1.73 bits per heavy atom. The maximum Gasteiger partial charge on any atom is 0.303 e. The second-order valence-electron chi connectivity index (χ2n) is 7.01. The Bertz CT molecular complexity index is 281. The lowest BCUT2D eigenvalue weighted by Crippen LogP contribution is -2.33. The normalized spacial score (nSPS) is 21.3. The second-order valence-corrected chi connectivity index (χ2v) is 7.01. The van der Waals surface area contributed by atoms with Gasteiger partial charge in [-0.2, -0.15) is 0 Å². The molecule has 0 spiro atoms. The van der Waals surface area contributed by atoms with Gasteiger partial charge < -0.3 is 10.4 Å². The van der Waals surface area contributed by atoms with Crippen LogP contribution < -0.4 is 5.32 Å². The molecule has 3 heteroatoms. The fraction of sp³-hybridized carbons (Fsp3) is 0.947. The molecule has 0 aromatic rings. The van der Waals surface area contributed by atoms with Gasteiger partial charge in [-0.25, -0.2) is 0 Å². The Morgan fingerprint density at radius 1 is 1.00 bits per heavy atom. The minimum atomic E-state index is -0.664. The van der Waals surface area contributed by atoms with Crippen molar-refractivity contribution in [1.82, 2.24) is 5.32 Å². The minimum Gasteiger partial charge on any atom is -0.481 e. The Kier molecular flexibility index (Phi) is 11.4. The van der Waals surface area contributed by atoms with Crippen LogP contribution in [0.15, 0.2) is 0 Å². The largest absolute Gasteiger partial charge is 0.481 e. The van der Waals surface area contributed by atoms with E-state index < -0.39 is 5.97 Å². The summed E-state index contributed by atoms with van der Waals surface area (Å²) < 4.78 is 0. The third kappa shape index (κ3) is 9.45. The monoisotopic (exact) mass is 311 g/mol. The Hall–Kier alpha value is -0.570. The molecule has 0 bridgehead atoms. The fourth-order valence-corrected chi connectivity index (χ4v) is 3.70. The zero-order chi connectivity index (χ0) is 16.0. The van der Waals surface area contributed by atoms with E-state index in [0.29, 0.717) is 6.42 Å². The first-order chi connectivity index (χ1) is 10.7. The first-order valence-corrected chi connectivity index (χ1v) is 9.69. The lowest BCUT2D eigenvalue weighted by atomic mass is 9.95. The first-order valence-electron chi connectivity index (χ1n) is 9.69. The maximum atomic E-state index is 10.5. The van der Waals surface area contributed by atoms with Crippen molar-refractivity contribution in [2.45, 2.75) is 103 Å². The molecule has 0 aromatic heterocycles. The van der Waals surface area contributed by atoms with Gasteiger partial charge in [0.1, 0.15) is 0 Å². The van der Waals surface area contributed by atoms with Crippen molar-refractivity contribution in [3.63, 3.8) is 0 Å². The summed E-state index contributed by atoms with van der Waals surface area (Å²) in [5, 5.41) is 12.3. The van der Waals surface area contributed by atoms with E-state index in [4.69, 9.17) is 5.11 Å². The van der Waals surface area contributed by atoms with Crippen molar-refractivity contribution in [1.29, 1.82) is 0 Å². The highest BCUT2D eigenvalue weighted by atomic mass is 16.4. The molecule has 1 saturated carbocycles. The highest BCUT2D eigenvalue weighted by molar-refractivity contribution is 5.66. The van der Waals surface area contributed by atoms with Crippen molar-refractivity contribution in [2.24, 2.45) is 5.92 Å². The molecule has 0 radical (unpaired) electrons. The molecule has 1 aliphatic carbocycles. The predicted octanol–water partition coefficient (Wildman–Crippen LogP) is 5.14.